The van der Waals surface area contributed by atoms with Gasteiger partial charge in [0.05, 0.1) is 66.1 Å². The highest BCUT2D eigenvalue weighted by Gasteiger charge is 2.63. The van der Waals surface area contributed by atoms with Crippen LogP contribution < -0.4 is 26.6 Å². The van der Waals surface area contributed by atoms with Crippen molar-refractivity contribution in [3.8, 4) is 0 Å². The van der Waals surface area contributed by atoms with Gasteiger partial charge >= 0.3 is 0 Å². The molecule has 126 heavy (non-hydrogen) atoms. The van der Waals surface area contributed by atoms with E-state index in [4.69, 9.17) is 90.0 Å². The predicted molar refractivity (Wildman–Crippen MR) is 388 cm³/mol. The third kappa shape index (κ3) is 22.9. The first kappa shape index (κ1) is 104. The number of aliphatic hydroxyl groups is 27. The highest BCUT2D eigenvalue weighted by molar-refractivity contribution is 5.75. The zero-order valence-electron chi connectivity index (χ0n) is 67.8. The summed E-state index contributed by atoms with van der Waals surface area (Å²) in [7, 11) is 0. The van der Waals surface area contributed by atoms with Crippen LogP contribution in [-0.4, -0.2) is 540 Å². The lowest BCUT2D eigenvalue weighted by atomic mass is 9.93. The molecule has 0 radical (unpaired) electrons. The number of hydrogen-bond acceptors (Lipinski definition) is 51. The predicted octanol–water partition coefficient (Wildman–Crippen LogP) is -22.1. The van der Waals surface area contributed by atoms with Gasteiger partial charge in [-0.15, -0.1) is 0 Å². The van der Waals surface area contributed by atoms with E-state index in [1.807, 2.05) is 0 Å². The first-order chi connectivity index (χ1) is 59.6. The highest BCUT2D eigenvalue weighted by atomic mass is 16.8. The van der Waals surface area contributed by atoms with E-state index in [2.05, 4.69) is 26.6 Å². The van der Waals surface area contributed by atoms with Crippen LogP contribution in [0.25, 0.3) is 0 Å². The molecule has 10 aliphatic rings. The summed E-state index contributed by atoms with van der Waals surface area (Å²) in [6.45, 7) is -7.25. The fourth-order valence-electron chi connectivity index (χ4n) is 16.3. The number of amides is 5. The Morgan fingerprint density at radius 3 is 0.865 bits per heavy atom. The Hall–Kier alpha value is -4.49. The lowest BCUT2D eigenvalue weighted by Crippen LogP contribution is -2.72. The molecular weight excluding hydrogens is 1730 g/mol. The lowest BCUT2D eigenvalue weighted by Gasteiger charge is -2.52. The fourth-order valence-corrected chi connectivity index (χ4v) is 16.3. The first-order valence-electron chi connectivity index (χ1n) is 40.1. The fraction of sp³-hybridized carbons (Fsp3) is 0.929. The van der Waals surface area contributed by atoms with Gasteiger partial charge in [0.15, 0.2) is 62.9 Å². The standard InChI is InChI=1S/C70H117N5O51/c1-16(85)71-31-44(98)53(28(13-83)109-61(31)107)119-63-33(73-18(3)87)45(99)54(29(14-84)117-63)120-68-52(106)58(124-70-60(49(103)40(94)25(10-80)116-70)126-65-35(75-20(5)89)57(42(96)27(12-82)112-65)123-67-51(105)47(101)38(92)23(8-78)114-67)55(121-62-32(72-17(2)86)43(97)36(90)21(6-76)110-62)30(118-68)15-108-69-59(48(102)39(93)24(9-79)115-69)125-64-34(74-19(4)88)56(41(95)26(11-81)111-64)122-66-50(104)46(100)37(91)22(7-77)113-66/h21-70,76-84,90-107H,6-15H2,1-5H3,(H,71,85)(H,72,86)(H,73,87)(H,74,88)(H,75,89)/t21-,22-,23-,24-,25-,26-,27-,28-,29-,30-,31-,32-,33-,34-,35+,36-,37+,38+,39-,40-,41-,42-,43-,44-,45-,46+,47+,48+,49+,50-,51-,52+,53-,54-,55-,56-,57-,58-,59+,60+,61-,62+,63+,64+,65+,66+,67+,68+,69+,70-/m1/s1. The second-order valence-electron chi connectivity index (χ2n) is 31.7. The Labute approximate surface area is 713 Å². The van der Waals surface area contributed by atoms with Gasteiger partial charge in [-0.2, -0.15) is 0 Å². The molecule has 0 saturated carbocycles. The van der Waals surface area contributed by atoms with E-state index < -0.39 is 402 Å². The molecule has 10 aliphatic heterocycles. The maximum absolute atomic E-state index is 13.4. The number of carbonyl (C=O) groups is 5. The van der Waals surface area contributed by atoms with Crippen molar-refractivity contribution >= 4 is 29.5 Å². The first-order valence-corrected chi connectivity index (χ1v) is 40.1. The van der Waals surface area contributed by atoms with E-state index in [-0.39, 0.29) is 0 Å². The van der Waals surface area contributed by atoms with Gasteiger partial charge in [-0.3, -0.25) is 24.0 Å². The van der Waals surface area contributed by atoms with E-state index in [0.29, 0.717) is 0 Å². The van der Waals surface area contributed by atoms with Gasteiger partial charge in [0.2, 0.25) is 29.5 Å². The molecule has 0 aromatic rings. The zero-order valence-corrected chi connectivity index (χ0v) is 67.8. The van der Waals surface area contributed by atoms with Crippen LogP contribution in [0.4, 0.5) is 0 Å². The topological polar surface area (TPSA) is 867 Å². The van der Waals surface area contributed by atoms with E-state index in [0.717, 1.165) is 34.6 Å². The van der Waals surface area contributed by atoms with Gasteiger partial charge in [-0.1, -0.05) is 0 Å². The Balaban J connectivity index is 1.11. The second-order valence-corrected chi connectivity index (χ2v) is 31.7. The van der Waals surface area contributed by atoms with Crippen LogP contribution in [-0.2, 0) is 114 Å². The summed E-state index contributed by atoms with van der Waals surface area (Å²) in [4.78, 5) is 65.3. The summed E-state index contributed by atoms with van der Waals surface area (Å²) in [6.07, 6.45) is -99.0. The molecule has 56 nitrogen and oxygen atoms in total. The second kappa shape index (κ2) is 45.5. The summed E-state index contributed by atoms with van der Waals surface area (Å²) in [5, 5.41) is 316. The lowest BCUT2D eigenvalue weighted by molar-refractivity contribution is -0.409. The molecule has 32 N–H and O–H groups in total. The molecule has 5 amide bonds. The van der Waals surface area contributed by atoms with E-state index in [1.54, 1.807) is 0 Å². The van der Waals surface area contributed by atoms with Crippen molar-refractivity contribution in [2.75, 3.05) is 66.1 Å². The summed E-state index contributed by atoms with van der Waals surface area (Å²) >= 11 is 0. The molecule has 50 atom stereocenters. The minimum atomic E-state index is -2.79. The van der Waals surface area contributed by atoms with Gasteiger partial charge in [0.25, 0.3) is 0 Å². The summed E-state index contributed by atoms with van der Waals surface area (Å²) in [5.41, 5.74) is 0. The Morgan fingerprint density at radius 2 is 0.460 bits per heavy atom. The average Bonchev–Trinajstić information content (AvgIpc) is 0.763. The quantitative estimate of drug-likeness (QED) is 0.0290. The summed E-state index contributed by atoms with van der Waals surface area (Å²) < 4.78 is 116. The van der Waals surface area contributed by atoms with Gasteiger partial charge in [0.1, 0.15) is 244 Å². The van der Waals surface area contributed by atoms with Gasteiger partial charge in [0, 0.05) is 34.6 Å². The number of hydrogen-bond donors (Lipinski definition) is 32. The van der Waals surface area contributed by atoms with Crippen LogP contribution in [0.5, 0.6) is 0 Å². The molecule has 10 fully saturated rings. The van der Waals surface area contributed by atoms with Crippen LogP contribution in [0.3, 0.4) is 0 Å². The molecule has 728 valence electrons. The minimum Gasteiger partial charge on any atom is -0.394 e. The Kier molecular flexibility index (Phi) is 37.4. The molecule has 0 aromatic heterocycles. The Bertz CT molecular complexity index is 3440. The van der Waals surface area contributed by atoms with E-state index in [9.17, 15) is 162 Å². The van der Waals surface area contributed by atoms with Crippen LogP contribution in [0.1, 0.15) is 34.6 Å². The highest BCUT2D eigenvalue weighted by Crippen LogP contribution is 2.42. The number of carbonyl (C=O) groups excluding carboxylic acids is 5. The molecule has 10 rings (SSSR count). The van der Waals surface area contributed by atoms with Crippen LogP contribution >= 0.6 is 0 Å². The maximum atomic E-state index is 13.4. The number of rotatable bonds is 33. The summed E-state index contributed by atoms with van der Waals surface area (Å²) in [5.74, 6) is -4.87. The SMILES string of the molecule is CC(=O)N[C@@H]1[C@H](O[C@@H]2[C@@H](O[C@@H]3[C@H](O)[C@H](O[C@H]4[C@H](O)[C@@H](NC(C)=O)[C@H](O[C@H]5[C@H](O)[C@@H](NC(C)=O)[C@H](O)O[C@@H]5CO)O[C@@H]4CO)O[C@H](CO[C@H]4O[C@H](CO)[C@@H](O)[C@H](O)[C@@H]4O[C@@H]4O[C@H](CO)[C@@H](O)[C@H](O[C@@H]5O[C@H](CO)[C@H](O)[C@H](O)[C@H]5O)[C@H]4NC(C)=O)[C@H]3O[C@@H]3O[C@H](CO)[C@@H](O)[C@H](O)[C@H]3NC(C)=O)O[C@H](CO)[C@@H](O)[C@@H]2O)O[C@H](CO)[C@@H](O)[C@@H]1O[C@@H]1O[C@H](CO)[C@H](O)[C@H](O)[C@H]1O. The molecule has 0 aromatic carbocycles. The zero-order chi connectivity index (χ0) is 92.8. The number of nitrogens with one attached hydrogen (secondary N) is 5. The normalized spacial score (nSPS) is 48.4. The van der Waals surface area contributed by atoms with Crippen molar-refractivity contribution in [3.63, 3.8) is 0 Å². The van der Waals surface area contributed by atoms with Gasteiger partial charge < -0.3 is 254 Å². The Morgan fingerprint density at radius 1 is 0.206 bits per heavy atom. The van der Waals surface area contributed by atoms with Crippen LogP contribution in [0, 0.1) is 0 Å². The average molecular weight is 1840 g/mol. The van der Waals surface area contributed by atoms with Gasteiger partial charge in [-0.25, -0.2) is 0 Å². The summed E-state index contributed by atoms with van der Waals surface area (Å²) in [6, 6.07) is -9.84. The van der Waals surface area contributed by atoms with Gasteiger partial charge in [-0.05, 0) is 0 Å². The maximum Gasteiger partial charge on any atom is 0.217 e. The molecule has 0 bridgehead atoms. The van der Waals surface area contributed by atoms with E-state index in [1.165, 1.54) is 0 Å². The van der Waals surface area contributed by atoms with Crippen LogP contribution in [0.15, 0.2) is 0 Å². The molecular formula is C70H117N5O51. The van der Waals surface area contributed by atoms with Crippen molar-refractivity contribution in [1.82, 2.24) is 26.6 Å². The van der Waals surface area contributed by atoms with E-state index >= 15 is 0 Å². The number of aliphatic hydroxyl groups excluding tert-OH is 27. The van der Waals surface area contributed by atoms with Crippen molar-refractivity contribution in [2.45, 2.75) is 341 Å². The third-order valence-corrected chi connectivity index (χ3v) is 22.9. The molecule has 0 unspecified atom stereocenters. The third-order valence-electron chi connectivity index (χ3n) is 22.9. The smallest absolute Gasteiger partial charge is 0.217 e. The largest absolute Gasteiger partial charge is 0.394 e. The van der Waals surface area contributed by atoms with Crippen molar-refractivity contribution in [1.29, 1.82) is 0 Å². The van der Waals surface area contributed by atoms with Crippen molar-refractivity contribution in [3.05, 3.63) is 0 Å². The minimum absolute atomic E-state index is 0.827. The molecule has 10 heterocycles. The number of ether oxygens (including phenoxy) is 19. The monoisotopic (exact) mass is 1840 g/mol. The molecule has 56 heteroatoms. The molecule has 0 spiro atoms. The molecule has 10 saturated heterocycles. The van der Waals surface area contributed by atoms with Crippen molar-refractivity contribution in [2.24, 2.45) is 0 Å². The van der Waals surface area contributed by atoms with Crippen molar-refractivity contribution < 1.29 is 252 Å². The molecule has 0 aliphatic carbocycles. The van der Waals surface area contributed by atoms with Crippen LogP contribution in [0.2, 0.25) is 0 Å².